The lowest BCUT2D eigenvalue weighted by atomic mass is 9.86. The lowest BCUT2D eigenvalue weighted by Gasteiger charge is -2.31. The summed E-state index contributed by atoms with van der Waals surface area (Å²) in [5, 5.41) is 0. The summed E-state index contributed by atoms with van der Waals surface area (Å²) < 4.78 is 0. The highest BCUT2D eigenvalue weighted by Gasteiger charge is 2.32. The Labute approximate surface area is 141 Å². The topological polar surface area (TPSA) is 69.9 Å². The van der Waals surface area contributed by atoms with Crippen LogP contribution in [-0.2, 0) is 9.59 Å². The van der Waals surface area contributed by atoms with E-state index in [0.717, 1.165) is 39.1 Å². The van der Waals surface area contributed by atoms with E-state index in [2.05, 4.69) is 4.90 Å². The summed E-state index contributed by atoms with van der Waals surface area (Å²) in [6.45, 7) is 14.8. The molecular weight excluding hydrogens is 292 g/mol. The molecule has 1 aliphatic rings. The van der Waals surface area contributed by atoms with Crippen LogP contribution in [0.3, 0.4) is 0 Å². The van der Waals surface area contributed by atoms with Crippen LogP contribution >= 0.6 is 0 Å². The van der Waals surface area contributed by atoms with Crippen LogP contribution in [0.2, 0.25) is 0 Å². The van der Waals surface area contributed by atoms with Gasteiger partial charge in [0.2, 0.25) is 11.8 Å². The maximum Gasteiger partial charge on any atom is 0.240 e. The largest absolute Gasteiger partial charge is 0.342 e. The molecule has 1 aliphatic heterocycles. The Morgan fingerprint density at radius 3 is 2.22 bits per heavy atom. The summed E-state index contributed by atoms with van der Waals surface area (Å²) >= 11 is 0. The Kier molecular flexibility index (Phi) is 7.48. The fraction of sp³-hybridized carbons (Fsp3) is 0.882. The summed E-state index contributed by atoms with van der Waals surface area (Å²) in [7, 11) is 0. The highest BCUT2D eigenvalue weighted by molar-refractivity contribution is 5.82. The van der Waals surface area contributed by atoms with Crippen molar-refractivity contribution in [1.29, 1.82) is 0 Å². The van der Waals surface area contributed by atoms with E-state index in [0.29, 0.717) is 13.1 Å². The van der Waals surface area contributed by atoms with Crippen LogP contribution < -0.4 is 5.73 Å². The molecule has 134 valence electrons. The molecule has 1 heterocycles. The second-order valence-corrected chi connectivity index (χ2v) is 7.36. The minimum absolute atomic E-state index is 0.0226. The van der Waals surface area contributed by atoms with E-state index in [9.17, 15) is 9.59 Å². The van der Waals surface area contributed by atoms with Crippen LogP contribution in [0.1, 0.15) is 41.0 Å². The van der Waals surface area contributed by atoms with Crippen molar-refractivity contribution in [3.05, 3.63) is 0 Å². The van der Waals surface area contributed by atoms with Crippen LogP contribution in [0.15, 0.2) is 0 Å². The van der Waals surface area contributed by atoms with Gasteiger partial charge in [-0.25, -0.2) is 0 Å². The molecule has 1 fully saturated rings. The number of carbonyl (C=O) groups excluding carboxylic acids is 2. The zero-order chi connectivity index (χ0) is 17.6. The molecule has 0 aliphatic carbocycles. The van der Waals surface area contributed by atoms with Crippen LogP contribution in [-0.4, -0.2) is 78.4 Å². The molecule has 1 atom stereocenters. The highest BCUT2D eigenvalue weighted by atomic mass is 16.2. The Hall–Kier alpha value is -1.14. The summed E-state index contributed by atoms with van der Waals surface area (Å²) in [5.41, 5.74) is 5.87. The van der Waals surface area contributed by atoms with Gasteiger partial charge in [0, 0.05) is 39.3 Å². The molecule has 0 unspecified atom stereocenters. The fourth-order valence-electron chi connectivity index (χ4n) is 2.78. The third-order valence-electron chi connectivity index (χ3n) is 4.57. The zero-order valence-electron chi connectivity index (χ0n) is 15.5. The normalized spacial score (nSPS) is 18.4. The first-order chi connectivity index (χ1) is 10.7. The molecule has 23 heavy (non-hydrogen) atoms. The lowest BCUT2D eigenvalue weighted by molar-refractivity contribution is -0.134. The molecule has 2 N–H and O–H groups in total. The predicted octanol–water partition coefficient (Wildman–Crippen LogP) is 0.763. The van der Waals surface area contributed by atoms with Crippen LogP contribution in [0.4, 0.5) is 0 Å². The van der Waals surface area contributed by atoms with E-state index >= 15 is 0 Å². The molecule has 6 nitrogen and oxygen atoms in total. The van der Waals surface area contributed by atoms with Crippen LogP contribution in [0.25, 0.3) is 0 Å². The van der Waals surface area contributed by atoms with Crippen molar-refractivity contribution in [3.63, 3.8) is 0 Å². The van der Waals surface area contributed by atoms with Gasteiger partial charge in [0.25, 0.3) is 0 Å². The minimum Gasteiger partial charge on any atom is -0.342 e. The summed E-state index contributed by atoms with van der Waals surface area (Å²) in [4.78, 5) is 30.6. The number of likely N-dealkylation sites (N-methyl/N-ethyl adjacent to an activating group) is 1. The van der Waals surface area contributed by atoms with Gasteiger partial charge in [-0.1, -0.05) is 20.8 Å². The van der Waals surface area contributed by atoms with E-state index in [1.54, 1.807) is 0 Å². The standard InChI is InChI=1S/C17H34N4O2/c1-6-20(7-2)14(22)13-19-9-8-10-21(12-11-19)16(23)15(18)17(3,4)5/h15H,6-13,18H2,1-5H3/t15-/m1/s1. The second-order valence-electron chi connectivity index (χ2n) is 7.36. The predicted molar refractivity (Wildman–Crippen MR) is 93.0 cm³/mol. The third-order valence-corrected chi connectivity index (χ3v) is 4.57. The molecule has 0 radical (unpaired) electrons. The molecule has 0 aromatic heterocycles. The molecular formula is C17H34N4O2. The fourth-order valence-corrected chi connectivity index (χ4v) is 2.78. The first-order valence-corrected chi connectivity index (χ1v) is 8.75. The zero-order valence-corrected chi connectivity index (χ0v) is 15.5. The van der Waals surface area contributed by atoms with Gasteiger partial charge in [0.05, 0.1) is 12.6 Å². The van der Waals surface area contributed by atoms with E-state index in [1.807, 2.05) is 44.4 Å². The Morgan fingerprint density at radius 2 is 1.70 bits per heavy atom. The van der Waals surface area contributed by atoms with Crippen molar-refractivity contribution in [2.45, 2.75) is 47.1 Å². The number of rotatable bonds is 5. The number of amides is 2. The first-order valence-electron chi connectivity index (χ1n) is 8.75. The molecule has 1 saturated heterocycles. The molecule has 0 aromatic carbocycles. The van der Waals surface area contributed by atoms with Gasteiger partial charge in [-0.15, -0.1) is 0 Å². The van der Waals surface area contributed by atoms with Crippen LogP contribution in [0, 0.1) is 5.41 Å². The molecule has 2 amide bonds. The van der Waals surface area contributed by atoms with Gasteiger partial charge < -0.3 is 15.5 Å². The van der Waals surface area contributed by atoms with Gasteiger partial charge in [-0.2, -0.15) is 0 Å². The molecule has 0 saturated carbocycles. The van der Waals surface area contributed by atoms with Crippen LogP contribution in [0.5, 0.6) is 0 Å². The molecule has 0 bridgehead atoms. The number of nitrogens with zero attached hydrogens (tertiary/aromatic N) is 3. The molecule has 0 aromatic rings. The maximum absolute atomic E-state index is 12.5. The van der Waals surface area contributed by atoms with Gasteiger partial charge in [-0.3, -0.25) is 14.5 Å². The van der Waals surface area contributed by atoms with E-state index in [4.69, 9.17) is 5.73 Å². The second kappa shape index (κ2) is 8.64. The van der Waals surface area contributed by atoms with Crippen molar-refractivity contribution in [1.82, 2.24) is 14.7 Å². The SMILES string of the molecule is CCN(CC)C(=O)CN1CCCN(C(=O)[C@@H](N)C(C)(C)C)CC1. The van der Waals surface area contributed by atoms with Crippen molar-refractivity contribution < 1.29 is 9.59 Å². The Balaban J connectivity index is 2.57. The third kappa shape index (κ3) is 5.77. The maximum atomic E-state index is 12.5. The Morgan fingerprint density at radius 1 is 1.09 bits per heavy atom. The highest BCUT2D eigenvalue weighted by Crippen LogP contribution is 2.19. The van der Waals surface area contributed by atoms with Crippen molar-refractivity contribution >= 4 is 11.8 Å². The van der Waals surface area contributed by atoms with Gasteiger partial charge in [0.1, 0.15) is 0 Å². The van der Waals surface area contributed by atoms with E-state index in [1.165, 1.54) is 0 Å². The van der Waals surface area contributed by atoms with Crippen molar-refractivity contribution in [2.24, 2.45) is 11.1 Å². The Bertz CT molecular complexity index is 402. The number of hydrogen-bond donors (Lipinski definition) is 1. The number of hydrogen-bond acceptors (Lipinski definition) is 4. The van der Waals surface area contributed by atoms with Crippen molar-refractivity contribution in [2.75, 3.05) is 45.8 Å². The van der Waals surface area contributed by atoms with E-state index in [-0.39, 0.29) is 17.2 Å². The summed E-state index contributed by atoms with van der Waals surface area (Å²) in [5.74, 6) is 0.190. The smallest absolute Gasteiger partial charge is 0.240 e. The monoisotopic (exact) mass is 326 g/mol. The average molecular weight is 326 g/mol. The molecule has 1 rings (SSSR count). The average Bonchev–Trinajstić information content (AvgIpc) is 2.71. The minimum atomic E-state index is -0.480. The van der Waals surface area contributed by atoms with Gasteiger partial charge >= 0.3 is 0 Å². The van der Waals surface area contributed by atoms with Gasteiger partial charge in [-0.05, 0) is 25.7 Å². The van der Waals surface area contributed by atoms with E-state index < -0.39 is 6.04 Å². The molecule has 6 heteroatoms. The quantitative estimate of drug-likeness (QED) is 0.810. The van der Waals surface area contributed by atoms with Gasteiger partial charge in [0.15, 0.2) is 0 Å². The summed E-state index contributed by atoms with van der Waals surface area (Å²) in [6, 6.07) is -0.480. The number of nitrogens with two attached hydrogens (primary N) is 1. The van der Waals surface area contributed by atoms with Crippen molar-refractivity contribution in [3.8, 4) is 0 Å². The molecule has 0 spiro atoms. The summed E-state index contributed by atoms with van der Waals surface area (Å²) in [6.07, 6.45) is 0.883. The lowest BCUT2D eigenvalue weighted by Crippen LogP contribution is -2.51. The first kappa shape index (κ1) is 19.9. The number of carbonyl (C=O) groups is 2.